The van der Waals surface area contributed by atoms with Gasteiger partial charge in [0.2, 0.25) is 5.91 Å². The molecule has 2 aromatic rings. The third kappa shape index (κ3) is 5.23. The molecule has 7 nitrogen and oxygen atoms in total. The lowest BCUT2D eigenvalue weighted by Gasteiger charge is -2.31. The first-order valence-electron chi connectivity index (χ1n) is 9.41. The Morgan fingerprint density at radius 2 is 2.04 bits per heavy atom. The minimum absolute atomic E-state index is 0.120. The number of aryl methyl sites for hydroxylation is 1. The molecule has 27 heavy (non-hydrogen) atoms. The van der Waals surface area contributed by atoms with Crippen LogP contribution in [0.3, 0.4) is 0 Å². The summed E-state index contributed by atoms with van der Waals surface area (Å²) in [5.74, 6) is 1.52. The van der Waals surface area contributed by atoms with Gasteiger partial charge in [0.15, 0.2) is 5.82 Å². The minimum Gasteiger partial charge on any atom is -0.339 e. The average Bonchev–Trinajstić information content (AvgIpc) is 3.08. The molecule has 3 heterocycles. The van der Waals surface area contributed by atoms with Gasteiger partial charge in [-0.25, -0.2) is 15.0 Å². The molecule has 0 aromatic carbocycles. The van der Waals surface area contributed by atoms with E-state index in [0.29, 0.717) is 5.92 Å². The normalized spacial score (nSPS) is 15.8. The number of aromatic nitrogens is 4. The molecule has 1 amide bonds. The smallest absolute Gasteiger partial charge is 0.246 e. The number of amides is 1. The highest BCUT2D eigenvalue weighted by Crippen LogP contribution is 2.22. The van der Waals surface area contributed by atoms with Crippen molar-refractivity contribution in [2.45, 2.75) is 19.3 Å². The van der Waals surface area contributed by atoms with Crippen LogP contribution in [0, 0.1) is 5.92 Å². The quantitative estimate of drug-likeness (QED) is 0.727. The fourth-order valence-electron chi connectivity index (χ4n) is 3.37. The Kier molecular flexibility index (Phi) is 6.34. The Balaban J connectivity index is 1.53. The van der Waals surface area contributed by atoms with Crippen LogP contribution in [0.5, 0.6) is 0 Å². The summed E-state index contributed by atoms with van der Waals surface area (Å²) >= 11 is 0. The molecular formula is C20H28N6O. The van der Waals surface area contributed by atoms with Gasteiger partial charge in [-0.05, 0) is 45.3 Å². The number of carbonyl (C=O) groups is 1. The molecule has 0 saturated carbocycles. The van der Waals surface area contributed by atoms with Crippen LogP contribution in [-0.4, -0.2) is 69.0 Å². The van der Waals surface area contributed by atoms with Gasteiger partial charge >= 0.3 is 0 Å². The average molecular weight is 368 g/mol. The molecule has 0 aliphatic carbocycles. The van der Waals surface area contributed by atoms with E-state index in [1.807, 2.05) is 53.8 Å². The summed E-state index contributed by atoms with van der Waals surface area (Å²) in [5, 5.41) is 0. The first-order valence-corrected chi connectivity index (χ1v) is 9.41. The Labute approximate surface area is 160 Å². The van der Waals surface area contributed by atoms with Crippen LogP contribution in [0.2, 0.25) is 0 Å². The zero-order valence-corrected chi connectivity index (χ0v) is 16.4. The van der Waals surface area contributed by atoms with E-state index in [9.17, 15) is 4.79 Å². The number of likely N-dealkylation sites (N-methyl/N-ethyl adjacent to an activating group) is 1. The van der Waals surface area contributed by atoms with Crippen LogP contribution in [-0.2, 0) is 18.3 Å². The topological polar surface area (TPSA) is 67.2 Å². The SMILES string of the molecule is CN(C)C/C=C/C(=O)N1CCC(Cc2cc(-c3nccn3C)ncn2)CC1. The van der Waals surface area contributed by atoms with Crippen LogP contribution in [0.25, 0.3) is 11.5 Å². The second-order valence-electron chi connectivity index (χ2n) is 7.39. The lowest BCUT2D eigenvalue weighted by atomic mass is 9.92. The number of likely N-dealkylation sites (tertiary alicyclic amines) is 1. The van der Waals surface area contributed by atoms with Crippen molar-refractivity contribution in [2.75, 3.05) is 33.7 Å². The molecule has 2 aromatic heterocycles. The minimum atomic E-state index is 0.120. The van der Waals surface area contributed by atoms with Crippen molar-refractivity contribution in [1.82, 2.24) is 29.3 Å². The van der Waals surface area contributed by atoms with Crippen molar-refractivity contribution < 1.29 is 4.79 Å². The highest BCUT2D eigenvalue weighted by atomic mass is 16.2. The van der Waals surface area contributed by atoms with Crippen LogP contribution in [0.4, 0.5) is 0 Å². The van der Waals surface area contributed by atoms with Crippen molar-refractivity contribution in [1.29, 1.82) is 0 Å². The van der Waals surface area contributed by atoms with Crippen molar-refractivity contribution in [2.24, 2.45) is 13.0 Å². The van der Waals surface area contributed by atoms with E-state index in [0.717, 1.165) is 56.1 Å². The van der Waals surface area contributed by atoms with E-state index in [2.05, 4.69) is 15.0 Å². The third-order valence-electron chi connectivity index (χ3n) is 4.93. The highest BCUT2D eigenvalue weighted by molar-refractivity contribution is 5.87. The fraction of sp³-hybridized carbons (Fsp3) is 0.500. The van der Waals surface area contributed by atoms with Gasteiger partial charge < -0.3 is 14.4 Å². The zero-order chi connectivity index (χ0) is 19.2. The molecule has 0 bridgehead atoms. The predicted molar refractivity (Wildman–Crippen MR) is 105 cm³/mol. The van der Waals surface area contributed by atoms with Crippen LogP contribution < -0.4 is 0 Å². The predicted octanol–water partition coefficient (Wildman–Crippen LogP) is 1.78. The highest BCUT2D eigenvalue weighted by Gasteiger charge is 2.22. The molecule has 0 spiro atoms. The van der Waals surface area contributed by atoms with E-state index >= 15 is 0 Å². The van der Waals surface area contributed by atoms with Gasteiger partial charge in [-0.1, -0.05) is 6.08 Å². The molecule has 1 aliphatic rings. The number of piperidine rings is 1. The number of imidazole rings is 1. The molecule has 1 saturated heterocycles. The van der Waals surface area contributed by atoms with Gasteiger partial charge in [0.25, 0.3) is 0 Å². The number of carbonyl (C=O) groups excluding carboxylic acids is 1. The monoisotopic (exact) mass is 368 g/mol. The second-order valence-corrected chi connectivity index (χ2v) is 7.39. The van der Waals surface area contributed by atoms with Gasteiger partial charge in [0, 0.05) is 50.8 Å². The van der Waals surface area contributed by atoms with Gasteiger partial charge in [-0.3, -0.25) is 4.79 Å². The third-order valence-corrected chi connectivity index (χ3v) is 4.93. The molecular weight excluding hydrogens is 340 g/mol. The fourth-order valence-corrected chi connectivity index (χ4v) is 3.37. The van der Waals surface area contributed by atoms with Crippen LogP contribution in [0.15, 0.2) is 36.9 Å². The lowest BCUT2D eigenvalue weighted by Crippen LogP contribution is -2.38. The number of hydrogen-bond donors (Lipinski definition) is 0. The first kappa shape index (κ1) is 19.2. The molecule has 1 aliphatic heterocycles. The van der Waals surface area contributed by atoms with Crippen molar-refractivity contribution in [3.8, 4) is 11.5 Å². The van der Waals surface area contributed by atoms with E-state index in [-0.39, 0.29) is 5.91 Å². The lowest BCUT2D eigenvalue weighted by molar-refractivity contribution is -0.127. The Hall–Kier alpha value is -2.54. The molecule has 0 radical (unpaired) electrons. The van der Waals surface area contributed by atoms with Crippen molar-refractivity contribution in [3.63, 3.8) is 0 Å². The van der Waals surface area contributed by atoms with Crippen LogP contribution in [0.1, 0.15) is 18.5 Å². The molecule has 1 fully saturated rings. The maximum atomic E-state index is 12.2. The number of nitrogens with zero attached hydrogens (tertiary/aromatic N) is 6. The second kappa shape index (κ2) is 8.90. The van der Waals surface area contributed by atoms with Crippen molar-refractivity contribution >= 4 is 5.91 Å². The summed E-state index contributed by atoms with van der Waals surface area (Å²) in [4.78, 5) is 29.4. The molecule has 0 unspecified atom stereocenters. The largest absolute Gasteiger partial charge is 0.339 e. The maximum Gasteiger partial charge on any atom is 0.246 e. The Morgan fingerprint density at radius 3 is 2.70 bits per heavy atom. The summed E-state index contributed by atoms with van der Waals surface area (Å²) in [5.41, 5.74) is 1.89. The Bertz CT molecular complexity index is 789. The molecule has 0 atom stereocenters. The summed E-state index contributed by atoms with van der Waals surface area (Å²) in [7, 11) is 5.95. The standard InChI is InChI=1S/C20H28N6O/c1-24(2)9-4-5-19(27)26-10-6-16(7-11-26)13-17-14-18(23-15-22-17)20-21-8-12-25(20)3/h4-5,8,12,14-16H,6-7,9-11,13H2,1-3H3/b5-4+. The molecule has 144 valence electrons. The van der Waals surface area contributed by atoms with Crippen LogP contribution >= 0.6 is 0 Å². The number of rotatable bonds is 6. The Morgan fingerprint density at radius 1 is 1.26 bits per heavy atom. The van der Waals surface area contributed by atoms with E-state index in [4.69, 9.17) is 0 Å². The van der Waals surface area contributed by atoms with Gasteiger partial charge in [0.05, 0.1) is 0 Å². The first-order chi connectivity index (χ1) is 13.0. The summed E-state index contributed by atoms with van der Waals surface area (Å²) in [6.45, 7) is 2.41. The molecule has 3 rings (SSSR count). The summed E-state index contributed by atoms with van der Waals surface area (Å²) in [6, 6.07) is 2.03. The summed E-state index contributed by atoms with van der Waals surface area (Å²) in [6.07, 6.45) is 11.9. The van der Waals surface area contributed by atoms with E-state index in [1.165, 1.54) is 0 Å². The van der Waals surface area contributed by atoms with E-state index < -0.39 is 0 Å². The zero-order valence-electron chi connectivity index (χ0n) is 16.4. The van der Waals surface area contributed by atoms with Gasteiger partial charge in [-0.15, -0.1) is 0 Å². The van der Waals surface area contributed by atoms with Crippen molar-refractivity contribution in [3.05, 3.63) is 42.6 Å². The summed E-state index contributed by atoms with van der Waals surface area (Å²) < 4.78 is 1.96. The molecule has 0 N–H and O–H groups in total. The van der Waals surface area contributed by atoms with Gasteiger partial charge in [-0.2, -0.15) is 0 Å². The molecule has 7 heteroatoms. The maximum absolute atomic E-state index is 12.2. The van der Waals surface area contributed by atoms with E-state index in [1.54, 1.807) is 18.6 Å². The number of hydrogen-bond acceptors (Lipinski definition) is 5. The van der Waals surface area contributed by atoms with Gasteiger partial charge in [0.1, 0.15) is 12.0 Å².